The first-order valence-corrected chi connectivity index (χ1v) is 7.86. The average Bonchev–Trinajstić information content (AvgIpc) is 2.99. The number of nitrogens with one attached hydrogen (secondary N) is 1. The molecule has 0 unspecified atom stereocenters. The van der Waals surface area contributed by atoms with Crippen molar-refractivity contribution in [3.05, 3.63) is 23.5 Å². The van der Waals surface area contributed by atoms with Crippen molar-refractivity contribution in [2.45, 2.75) is 32.1 Å². The van der Waals surface area contributed by atoms with E-state index >= 15 is 0 Å². The zero-order valence-electron chi connectivity index (χ0n) is 10.6. The van der Waals surface area contributed by atoms with E-state index < -0.39 is 0 Å². The lowest BCUT2D eigenvalue weighted by Crippen LogP contribution is -2.58. The van der Waals surface area contributed by atoms with E-state index in [0.717, 1.165) is 10.9 Å². The van der Waals surface area contributed by atoms with Crippen molar-refractivity contribution in [2.24, 2.45) is 11.3 Å². The second kappa shape index (κ2) is 4.07. The Balaban J connectivity index is 1.59. The molecule has 0 spiro atoms. The van der Waals surface area contributed by atoms with Crippen LogP contribution in [-0.2, 0) is 6.42 Å². The molecule has 2 fully saturated rings. The molecule has 1 aliphatic carbocycles. The van der Waals surface area contributed by atoms with Crippen molar-refractivity contribution in [3.8, 4) is 0 Å². The molecule has 1 saturated carbocycles. The van der Waals surface area contributed by atoms with E-state index in [1.54, 1.807) is 11.3 Å². The van der Waals surface area contributed by atoms with Gasteiger partial charge >= 0.3 is 0 Å². The SMILES string of the molecule is c1cn2cc(CC3(C4CCCC4)CNC3)nc2s1. The number of imidazole rings is 1. The maximum atomic E-state index is 4.76. The molecule has 0 amide bonds. The fourth-order valence-electron chi connectivity index (χ4n) is 3.76. The summed E-state index contributed by atoms with van der Waals surface area (Å²) in [5.41, 5.74) is 1.80. The molecule has 4 heteroatoms. The third-order valence-corrected chi connectivity index (χ3v) is 5.62. The molecule has 3 nitrogen and oxygen atoms in total. The summed E-state index contributed by atoms with van der Waals surface area (Å²) in [6.45, 7) is 2.39. The minimum absolute atomic E-state index is 0.514. The molecule has 1 saturated heterocycles. The molecular weight excluding hydrogens is 242 g/mol. The monoisotopic (exact) mass is 261 g/mol. The van der Waals surface area contributed by atoms with Gasteiger partial charge in [0.05, 0.1) is 5.69 Å². The van der Waals surface area contributed by atoms with Gasteiger partial charge in [0.2, 0.25) is 0 Å². The zero-order chi connectivity index (χ0) is 12.0. The first-order chi connectivity index (χ1) is 8.86. The Kier molecular flexibility index (Phi) is 2.49. The van der Waals surface area contributed by atoms with E-state index in [2.05, 4.69) is 27.5 Å². The Bertz CT molecular complexity index is 518. The largest absolute Gasteiger partial charge is 0.315 e. The lowest BCUT2D eigenvalue weighted by Gasteiger charge is -2.47. The minimum Gasteiger partial charge on any atom is -0.315 e. The standard InChI is InChI=1S/C14H19N3S/c1-2-4-11(3-1)14(9-15-10-14)7-12-8-17-5-6-18-13(17)16-12/h5-6,8,11,15H,1-4,7,9-10H2. The quantitative estimate of drug-likeness (QED) is 0.920. The van der Waals surface area contributed by atoms with Crippen LogP contribution in [-0.4, -0.2) is 22.5 Å². The van der Waals surface area contributed by atoms with Crippen LogP contribution >= 0.6 is 11.3 Å². The van der Waals surface area contributed by atoms with E-state index in [4.69, 9.17) is 4.98 Å². The van der Waals surface area contributed by atoms with Crippen molar-refractivity contribution in [1.29, 1.82) is 0 Å². The Labute approximate surface area is 111 Å². The fraction of sp³-hybridized carbons (Fsp3) is 0.643. The molecule has 3 heterocycles. The lowest BCUT2D eigenvalue weighted by atomic mass is 9.67. The molecule has 18 heavy (non-hydrogen) atoms. The van der Waals surface area contributed by atoms with Crippen LogP contribution < -0.4 is 5.32 Å². The van der Waals surface area contributed by atoms with Gasteiger partial charge in [-0.2, -0.15) is 0 Å². The molecule has 4 rings (SSSR count). The maximum Gasteiger partial charge on any atom is 0.193 e. The first kappa shape index (κ1) is 11.0. The number of hydrogen-bond acceptors (Lipinski definition) is 3. The van der Waals surface area contributed by atoms with Crippen LogP contribution in [0.5, 0.6) is 0 Å². The highest BCUT2D eigenvalue weighted by Crippen LogP contribution is 2.44. The van der Waals surface area contributed by atoms with E-state index in [-0.39, 0.29) is 0 Å². The third-order valence-electron chi connectivity index (χ3n) is 4.85. The van der Waals surface area contributed by atoms with Gasteiger partial charge in [-0.25, -0.2) is 4.98 Å². The van der Waals surface area contributed by atoms with Gasteiger partial charge in [-0.05, 0) is 25.2 Å². The summed E-state index contributed by atoms with van der Waals surface area (Å²) in [5.74, 6) is 0.929. The summed E-state index contributed by atoms with van der Waals surface area (Å²) in [6.07, 6.45) is 11.2. The summed E-state index contributed by atoms with van der Waals surface area (Å²) in [4.78, 5) is 5.90. The van der Waals surface area contributed by atoms with Crippen molar-refractivity contribution in [3.63, 3.8) is 0 Å². The van der Waals surface area contributed by atoms with Crippen molar-refractivity contribution in [1.82, 2.24) is 14.7 Å². The van der Waals surface area contributed by atoms with Crippen molar-refractivity contribution in [2.75, 3.05) is 13.1 Å². The van der Waals surface area contributed by atoms with E-state index in [1.165, 1.54) is 50.9 Å². The minimum atomic E-state index is 0.514. The van der Waals surface area contributed by atoms with Crippen molar-refractivity contribution < 1.29 is 0 Å². The topological polar surface area (TPSA) is 29.3 Å². The predicted octanol–water partition coefficient (Wildman–Crippen LogP) is 2.72. The highest BCUT2D eigenvalue weighted by atomic mass is 32.1. The molecule has 1 N–H and O–H groups in total. The van der Waals surface area contributed by atoms with Crippen LogP contribution in [0.3, 0.4) is 0 Å². The molecule has 2 aromatic rings. The Morgan fingerprint density at radius 3 is 2.89 bits per heavy atom. The molecule has 0 atom stereocenters. The smallest absolute Gasteiger partial charge is 0.193 e. The number of fused-ring (bicyclic) bond motifs is 1. The summed E-state index contributed by atoms with van der Waals surface area (Å²) in [5, 5.41) is 5.60. The predicted molar refractivity (Wildman–Crippen MR) is 74.0 cm³/mol. The number of aromatic nitrogens is 2. The van der Waals surface area contributed by atoms with Gasteiger partial charge in [-0.15, -0.1) is 11.3 Å². The second-order valence-corrected chi connectivity index (χ2v) is 6.82. The summed E-state index contributed by atoms with van der Waals surface area (Å²) in [7, 11) is 0. The third kappa shape index (κ3) is 1.62. The highest BCUT2D eigenvalue weighted by Gasteiger charge is 2.45. The van der Waals surface area contributed by atoms with Gasteiger partial charge in [0.15, 0.2) is 4.96 Å². The van der Waals surface area contributed by atoms with Crippen LogP contribution in [0.1, 0.15) is 31.4 Å². The van der Waals surface area contributed by atoms with Crippen LogP contribution in [0.4, 0.5) is 0 Å². The van der Waals surface area contributed by atoms with Gasteiger partial charge in [0.25, 0.3) is 0 Å². The van der Waals surface area contributed by atoms with Crippen LogP contribution in [0, 0.1) is 11.3 Å². The van der Waals surface area contributed by atoms with E-state index in [1.807, 2.05) is 0 Å². The second-order valence-electron chi connectivity index (χ2n) is 5.95. The molecule has 96 valence electrons. The van der Waals surface area contributed by atoms with Gasteiger partial charge in [0, 0.05) is 36.3 Å². The molecule has 0 aromatic carbocycles. The number of hydrogen-bond donors (Lipinski definition) is 1. The summed E-state index contributed by atoms with van der Waals surface area (Å²) in [6, 6.07) is 0. The highest BCUT2D eigenvalue weighted by molar-refractivity contribution is 7.15. The van der Waals surface area contributed by atoms with Gasteiger partial charge < -0.3 is 5.32 Å². The Morgan fingerprint density at radius 1 is 1.39 bits per heavy atom. The van der Waals surface area contributed by atoms with Crippen LogP contribution in [0.2, 0.25) is 0 Å². The van der Waals surface area contributed by atoms with Crippen LogP contribution in [0.15, 0.2) is 17.8 Å². The summed E-state index contributed by atoms with van der Waals surface area (Å²) < 4.78 is 2.16. The zero-order valence-corrected chi connectivity index (χ0v) is 11.4. The maximum absolute atomic E-state index is 4.76. The fourth-order valence-corrected chi connectivity index (χ4v) is 4.48. The molecule has 2 aromatic heterocycles. The molecule has 2 aliphatic rings. The summed E-state index contributed by atoms with van der Waals surface area (Å²) >= 11 is 1.73. The molecular formula is C14H19N3S. The molecule has 0 radical (unpaired) electrons. The van der Waals surface area contributed by atoms with Crippen LogP contribution in [0.25, 0.3) is 4.96 Å². The lowest BCUT2D eigenvalue weighted by molar-refractivity contribution is 0.0801. The number of thiazole rings is 1. The Morgan fingerprint density at radius 2 is 2.22 bits per heavy atom. The molecule has 0 bridgehead atoms. The first-order valence-electron chi connectivity index (χ1n) is 6.98. The number of nitrogens with zero attached hydrogens (tertiary/aromatic N) is 2. The van der Waals surface area contributed by atoms with E-state index in [0.29, 0.717) is 5.41 Å². The number of rotatable bonds is 3. The van der Waals surface area contributed by atoms with E-state index in [9.17, 15) is 0 Å². The normalized spacial score (nSPS) is 23.6. The average molecular weight is 261 g/mol. The molecule has 1 aliphatic heterocycles. The van der Waals surface area contributed by atoms with Crippen molar-refractivity contribution >= 4 is 16.3 Å². The van der Waals surface area contributed by atoms with Gasteiger partial charge in [-0.3, -0.25) is 4.40 Å². The van der Waals surface area contributed by atoms with Gasteiger partial charge in [0.1, 0.15) is 0 Å². The Hall–Kier alpha value is -0.870. The van der Waals surface area contributed by atoms with Gasteiger partial charge in [-0.1, -0.05) is 12.8 Å².